The number of pyridine rings is 1. The van der Waals surface area contributed by atoms with Crippen molar-refractivity contribution < 1.29 is 9.90 Å². The Hall–Kier alpha value is -2.36. The van der Waals surface area contributed by atoms with E-state index < -0.39 is 5.97 Å². The molecule has 0 aliphatic carbocycles. The summed E-state index contributed by atoms with van der Waals surface area (Å²) in [6.45, 7) is 0. The molecule has 2 N–H and O–H groups in total. The number of benzene rings is 1. The zero-order valence-corrected chi connectivity index (χ0v) is 8.31. The van der Waals surface area contributed by atoms with Gasteiger partial charge in [0.2, 0.25) is 0 Å². The Morgan fingerprint density at radius 2 is 2.06 bits per heavy atom. The number of H-pyrrole nitrogens is 1. The first-order valence-electron chi connectivity index (χ1n) is 4.70. The van der Waals surface area contributed by atoms with E-state index in [2.05, 4.69) is 4.98 Å². The quantitative estimate of drug-likeness (QED) is 0.748. The maximum absolute atomic E-state index is 11.6. The minimum atomic E-state index is -1.05. The minimum Gasteiger partial charge on any atom is -0.478 e. The lowest BCUT2D eigenvalue weighted by Crippen LogP contribution is -2.07. The fourth-order valence-electron chi connectivity index (χ4n) is 1.48. The van der Waals surface area contributed by atoms with Crippen molar-refractivity contribution in [3.05, 3.63) is 52.5 Å². The highest BCUT2D eigenvalue weighted by Crippen LogP contribution is 2.10. The summed E-state index contributed by atoms with van der Waals surface area (Å²) in [7, 11) is 0. The molecule has 0 aliphatic rings. The molecular weight excluding hydrogens is 206 g/mol. The second-order valence-corrected chi connectivity index (χ2v) is 3.31. The molecule has 0 saturated carbocycles. The lowest BCUT2D eigenvalue weighted by molar-refractivity contribution is -0.131. The molecule has 0 amide bonds. The summed E-state index contributed by atoms with van der Waals surface area (Å²) < 4.78 is 0. The van der Waals surface area contributed by atoms with E-state index in [0.717, 1.165) is 11.5 Å². The maximum Gasteiger partial charge on any atom is 0.328 e. The van der Waals surface area contributed by atoms with Crippen LogP contribution in [0.25, 0.3) is 16.8 Å². The van der Waals surface area contributed by atoms with E-state index in [1.807, 2.05) is 12.1 Å². The fraction of sp³-hybridized carbons (Fsp3) is 0. The van der Waals surface area contributed by atoms with Gasteiger partial charge in [0.15, 0.2) is 0 Å². The van der Waals surface area contributed by atoms with Gasteiger partial charge in [0.25, 0.3) is 5.56 Å². The van der Waals surface area contributed by atoms with Crippen LogP contribution in [0.4, 0.5) is 0 Å². The molecular formula is C12H9NO3. The average molecular weight is 215 g/mol. The molecule has 1 heterocycles. The Bertz CT molecular complexity index is 625. The predicted octanol–water partition coefficient (Wildman–Crippen LogP) is 1.63. The van der Waals surface area contributed by atoms with E-state index in [1.54, 1.807) is 18.2 Å². The Balaban J connectivity index is 2.58. The number of fused-ring (bicyclic) bond motifs is 1. The number of hydrogen-bond donors (Lipinski definition) is 2. The number of rotatable bonds is 2. The highest BCUT2D eigenvalue weighted by atomic mass is 16.4. The highest BCUT2D eigenvalue weighted by Gasteiger charge is 1.99. The van der Waals surface area contributed by atoms with E-state index in [0.29, 0.717) is 11.1 Å². The molecule has 0 aliphatic heterocycles. The molecule has 0 bridgehead atoms. The van der Waals surface area contributed by atoms with E-state index in [1.165, 1.54) is 6.08 Å². The molecule has 0 spiro atoms. The first-order valence-corrected chi connectivity index (χ1v) is 4.70. The molecule has 0 atom stereocenters. The van der Waals surface area contributed by atoms with Crippen LogP contribution in [-0.2, 0) is 4.79 Å². The summed E-state index contributed by atoms with van der Waals surface area (Å²) in [5, 5.41) is 9.86. The van der Waals surface area contributed by atoms with Gasteiger partial charge in [0, 0.05) is 17.2 Å². The Morgan fingerprint density at radius 3 is 2.81 bits per heavy atom. The Morgan fingerprint density at radius 1 is 1.31 bits per heavy atom. The predicted molar refractivity (Wildman–Crippen MR) is 61.2 cm³/mol. The first kappa shape index (κ1) is 10.2. The van der Waals surface area contributed by atoms with Gasteiger partial charge in [-0.05, 0) is 23.6 Å². The highest BCUT2D eigenvalue weighted by molar-refractivity contribution is 5.87. The third-order valence-electron chi connectivity index (χ3n) is 2.18. The van der Waals surface area contributed by atoms with Crippen LogP contribution >= 0.6 is 0 Å². The number of hydrogen-bond acceptors (Lipinski definition) is 2. The second kappa shape index (κ2) is 4.02. The van der Waals surface area contributed by atoms with Gasteiger partial charge in [-0.15, -0.1) is 0 Å². The molecule has 4 nitrogen and oxygen atoms in total. The minimum absolute atomic E-state index is 0.219. The lowest BCUT2D eigenvalue weighted by Gasteiger charge is -1.98. The Kier molecular flexibility index (Phi) is 2.55. The van der Waals surface area contributed by atoms with Crippen LogP contribution < -0.4 is 5.56 Å². The number of nitrogens with one attached hydrogen (secondary N) is 1. The molecule has 0 saturated heterocycles. The van der Waals surface area contributed by atoms with Crippen LogP contribution in [0.15, 0.2) is 41.2 Å². The zero-order valence-electron chi connectivity index (χ0n) is 8.31. The van der Waals surface area contributed by atoms with Gasteiger partial charge in [-0.2, -0.15) is 0 Å². The molecule has 80 valence electrons. The smallest absolute Gasteiger partial charge is 0.328 e. The van der Waals surface area contributed by atoms with Gasteiger partial charge in [0.1, 0.15) is 0 Å². The van der Waals surface area contributed by atoms with Crippen molar-refractivity contribution in [3.63, 3.8) is 0 Å². The van der Waals surface area contributed by atoms with Crippen LogP contribution in [-0.4, -0.2) is 16.1 Å². The van der Waals surface area contributed by atoms with Crippen LogP contribution in [0.2, 0.25) is 0 Å². The van der Waals surface area contributed by atoms with E-state index >= 15 is 0 Å². The van der Waals surface area contributed by atoms with Gasteiger partial charge in [-0.25, -0.2) is 4.79 Å². The van der Waals surface area contributed by atoms with Crippen molar-refractivity contribution in [3.8, 4) is 0 Å². The molecule has 0 radical (unpaired) electrons. The third kappa shape index (κ3) is 2.00. The average Bonchev–Trinajstić information content (AvgIpc) is 2.26. The number of carboxylic acid groups (broad SMARTS) is 1. The number of aromatic nitrogens is 1. The number of aromatic amines is 1. The van der Waals surface area contributed by atoms with Crippen LogP contribution in [0, 0.1) is 0 Å². The standard InChI is InChI=1S/C12H9NO3/c14-11(15)6-5-9-7-8-3-1-2-4-10(8)12(16)13-9/h1-7H,(H,13,16)(H,14,15)/b6-5+. The van der Waals surface area contributed by atoms with E-state index in [4.69, 9.17) is 5.11 Å². The van der Waals surface area contributed by atoms with Crippen molar-refractivity contribution in [2.45, 2.75) is 0 Å². The largest absolute Gasteiger partial charge is 0.478 e. The number of aliphatic carboxylic acids is 1. The van der Waals surface area contributed by atoms with Crippen molar-refractivity contribution in [1.82, 2.24) is 4.98 Å². The number of carboxylic acids is 1. The van der Waals surface area contributed by atoms with Gasteiger partial charge >= 0.3 is 5.97 Å². The van der Waals surface area contributed by atoms with E-state index in [9.17, 15) is 9.59 Å². The lowest BCUT2D eigenvalue weighted by atomic mass is 10.1. The number of carbonyl (C=O) groups is 1. The van der Waals surface area contributed by atoms with Gasteiger partial charge in [-0.3, -0.25) is 4.79 Å². The summed E-state index contributed by atoms with van der Waals surface area (Å²) in [5.74, 6) is -1.05. The third-order valence-corrected chi connectivity index (χ3v) is 2.18. The van der Waals surface area contributed by atoms with Gasteiger partial charge in [-0.1, -0.05) is 18.2 Å². The Labute approximate surface area is 90.9 Å². The SMILES string of the molecule is O=C(O)/C=C/c1cc2ccccc2c(=O)[nH]1. The van der Waals surface area contributed by atoms with Crippen molar-refractivity contribution in [2.75, 3.05) is 0 Å². The molecule has 1 aromatic carbocycles. The molecule has 0 fully saturated rings. The molecule has 2 rings (SSSR count). The molecule has 0 unspecified atom stereocenters. The summed E-state index contributed by atoms with van der Waals surface area (Å²) >= 11 is 0. The van der Waals surface area contributed by atoms with Crippen LogP contribution in [0.1, 0.15) is 5.69 Å². The summed E-state index contributed by atoms with van der Waals surface area (Å²) in [5.41, 5.74) is 0.259. The van der Waals surface area contributed by atoms with Crippen LogP contribution in [0.3, 0.4) is 0 Å². The van der Waals surface area contributed by atoms with Crippen molar-refractivity contribution in [1.29, 1.82) is 0 Å². The van der Waals surface area contributed by atoms with Gasteiger partial charge in [0.05, 0.1) is 0 Å². The summed E-state index contributed by atoms with van der Waals surface area (Å²) in [4.78, 5) is 24.5. The first-order chi connectivity index (χ1) is 7.66. The normalized spacial score (nSPS) is 11.0. The monoisotopic (exact) mass is 215 g/mol. The summed E-state index contributed by atoms with van der Waals surface area (Å²) in [6.07, 6.45) is 2.34. The molecule has 2 aromatic rings. The van der Waals surface area contributed by atoms with Gasteiger partial charge < -0.3 is 10.1 Å². The molecule has 1 aromatic heterocycles. The zero-order chi connectivity index (χ0) is 11.5. The van der Waals surface area contributed by atoms with Crippen molar-refractivity contribution in [2.24, 2.45) is 0 Å². The van der Waals surface area contributed by atoms with E-state index in [-0.39, 0.29) is 5.56 Å². The second-order valence-electron chi connectivity index (χ2n) is 3.31. The van der Waals surface area contributed by atoms with Crippen molar-refractivity contribution >= 4 is 22.8 Å². The topological polar surface area (TPSA) is 70.2 Å². The maximum atomic E-state index is 11.6. The molecule has 16 heavy (non-hydrogen) atoms. The summed E-state index contributed by atoms with van der Waals surface area (Å²) in [6, 6.07) is 8.87. The fourth-order valence-corrected chi connectivity index (χ4v) is 1.48. The molecule has 4 heteroatoms. The van der Waals surface area contributed by atoms with Crippen LogP contribution in [0.5, 0.6) is 0 Å².